The number of nitrogens with zero attached hydrogens (tertiary/aromatic N) is 4. The zero-order valence-electron chi connectivity index (χ0n) is 11.4. The number of carbonyl (C=O) groups is 1. The second-order valence-electron chi connectivity index (χ2n) is 5.42. The van der Waals surface area contributed by atoms with Crippen molar-refractivity contribution >= 4 is 5.91 Å². The highest BCUT2D eigenvalue weighted by Crippen LogP contribution is 2.18. The molecule has 0 saturated heterocycles. The second kappa shape index (κ2) is 6.10. The first kappa shape index (κ1) is 13.9. The van der Waals surface area contributed by atoms with Crippen LogP contribution in [-0.2, 0) is 11.3 Å². The number of hydrogen-bond acceptors (Lipinski definition) is 5. The van der Waals surface area contributed by atoms with Gasteiger partial charge in [-0.25, -0.2) is 4.68 Å². The summed E-state index contributed by atoms with van der Waals surface area (Å²) in [6.45, 7) is 4.13. The summed E-state index contributed by atoms with van der Waals surface area (Å²) in [6, 6.07) is 0.162. The molecule has 19 heavy (non-hydrogen) atoms. The van der Waals surface area contributed by atoms with Gasteiger partial charge in [0.25, 0.3) is 0 Å². The van der Waals surface area contributed by atoms with Crippen molar-refractivity contribution in [1.82, 2.24) is 25.5 Å². The van der Waals surface area contributed by atoms with Gasteiger partial charge in [-0.3, -0.25) is 4.79 Å². The van der Waals surface area contributed by atoms with Gasteiger partial charge in [-0.15, -0.1) is 5.10 Å². The van der Waals surface area contributed by atoms with Crippen molar-refractivity contribution in [2.24, 2.45) is 0 Å². The molecule has 0 atom stereocenters. The molecule has 1 aromatic heterocycles. The van der Waals surface area contributed by atoms with Gasteiger partial charge in [0.15, 0.2) is 5.82 Å². The lowest BCUT2D eigenvalue weighted by Gasteiger charge is -2.26. The Morgan fingerprint density at radius 2 is 2.11 bits per heavy atom. The van der Waals surface area contributed by atoms with Crippen molar-refractivity contribution in [2.45, 2.75) is 64.1 Å². The first-order chi connectivity index (χ1) is 9.06. The van der Waals surface area contributed by atoms with E-state index < -0.39 is 0 Å². The van der Waals surface area contributed by atoms with E-state index in [4.69, 9.17) is 0 Å². The maximum Gasteiger partial charge on any atom is 0.242 e. The van der Waals surface area contributed by atoms with Crippen LogP contribution in [0.15, 0.2) is 0 Å². The molecule has 1 amide bonds. The number of tetrazole rings is 1. The number of carbonyl (C=O) groups excluding carboxylic acids is 1. The highest BCUT2D eigenvalue weighted by molar-refractivity contribution is 5.76. The Bertz CT molecular complexity index is 424. The summed E-state index contributed by atoms with van der Waals surface area (Å²) in [5, 5.41) is 23.8. The fraction of sp³-hybridized carbons (Fsp3) is 0.833. The molecule has 0 radical (unpaired) electrons. The molecule has 7 nitrogen and oxygen atoms in total. The SMILES string of the molecule is CC(C)c1nnnn1CC(=O)NC1CCC(O)CC1. The Kier molecular flexibility index (Phi) is 4.47. The number of aliphatic hydroxyl groups excluding tert-OH is 1. The lowest BCUT2D eigenvalue weighted by atomic mass is 9.93. The number of amides is 1. The van der Waals surface area contributed by atoms with Crippen LogP contribution in [0.4, 0.5) is 0 Å². The minimum Gasteiger partial charge on any atom is -0.393 e. The van der Waals surface area contributed by atoms with E-state index in [9.17, 15) is 9.90 Å². The van der Waals surface area contributed by atoms with Crippen molar-refractivity contribution in [1.29, 1.82) is 0 Å². The largest absolute Gasteiger partial charge is 0.393 e. The number of aromatic nitrogens is 4. The van der Waals surface area contributed by atoms with E-state index in [1.807, 2.05) is 13.8 Å². The summed E-state index contributed by atoms with van der Waals surface area (Å²) in [7, 11) is 0. The standard InChI is InChI=1S/C12H21N5O2/c1-8(2)12-14-15-16-17(12)7-11(19)13-9-3-5-10(18)6-4-9/h8-10,18H,3-7H2,1-2H3,(H,13,19). The number of aliphatic hydroxyl groups is 1. The van der Waals surface area contributed by atoms with Crippen molar-refractivity contribution in [3.63, 3.8) is 0 Å². The Hall–Kier alpha value is -1.50. The van der Waals surface area contributed by atoms with Crippen LogP contribution in [0.2, 0.25) is 0 Å². The van der Waals surface area contributed by atoms with Crippen LogP contribution in [-0.4, -0.2) is 43.4 Å². The predicted molar refractivity (Wildman–Crippen MR) is 68.3 cm³/mol. The lowest BCUT2D eigenvalue weighted by molar-refractivity contribution is -0.123. The number of hydrogen-bond donors (Lipinski definition) is 2. The van der Waals surface area contributed by atoms with Gasteiger partial charge < -0.3 is 10.4 Å². The predicted octanol–water partition coefficient (Wildman–Crippen LogP) is 0.216. The summed E-state index contributed by atoms with van der Waals surface area (Å²) in [6.07, 6.45) is 2.97. The molecule has 1 heterocycles. The highest BCUT2D eigenvalue weighted by Gasteiger charge is 2.21. The van der Waals surface area contributed by atoms with Crippen molar-refractivity contribution in [3.05, 3.63) is 5.82 Å². The van der Waals surface area contributed by atoms with Crippen LogP contribution in [0.1, 0.15) is 51.3 Å². The molecule has 0 aromatic carbocycles. The smallest absolute Gasteiger partial charge is 0.242 e. The van der Waals surface area contributed by atoms with Crippen LogP contribution in [0, 0.1) is 0 Å². The van der Waals surface area contributed by atoms with Gasteiger partial charge in [0.05, 0.1) is 6.10 Å². The molecule has 2 N–H and O–H groups in total. The first-order valence-corrected chi connectivity index (χ1v) is 6.79. The first-order valence-electron chi connectivity index (χ1n) is 6.79. The average molecular weight is 267 g/mol. The van der Waals surface area contributed by atoms with Crippen LogP contribution in [0.3, 0.4) is 0 Å². The zero-order valence-corrected chi connectivity index (χ0v) is 11.4. The minimum atomic E-state index is -0.208. The third-order valence-corrected chi connectivity index (χ3v) is 3.43. The normalized spacial score (nSPS) is 23.6. The van der Waals surface area contributed by atoms with Crippen LogP contribution < -0.4 is 5.32 Å². The van der Waals surface area contributed by atoms with E-state index in [2.05, 4.69) is 20.8 Å². The van der Waals surface area contributed by atoms with Gasteiger partial charge in [0.2, 0.25) is 5.91 Å². The molecule has 1 aliphatic rings. The summed E-state index contributed by atoms with van der Waals surface area (Å²) in [4.78, 5) is 11.9. The molecule has 1 aromatic rings. The van der Waals surface area contributed by atoms with Crippen molar-refractivity contribution in [2.75, 3.05) is 0 Å². The van der Waals surface area contributed by atoms with E-state index in [-0.39, 0.29) is 30.5 Å². The lowest BCUT2D eigenvalue weighted by Crippen LogP contribution is -2.40. The molecule has 0 unspecified atom stereocenters. The van der Waals surface area contributed by atoms with E-state index in [1.54, 1.807) is 0 Å². The van der Waals surface area contributed by atoms with E-state index in [1.165, 1.54) is 4.68 Å². The van der Waals surface area contributed by atoms with E-state index >= 15 is 0 Å². The van der Waals surface area contributed by atoms with E-state index in [0.717, 1.165) is 25.7 Å². The number of nitrogens with one attached hydrogen (secondary N) is 1. The summed E-state index contributed by atoms with van der Waals surface area (Å²) >= 11 is 0. The molecule has 0 spiro atoms. The van der Waals surface area contributed by atoms with Crippen LogP contribution >= 0.6 is 0 Å². The van der Waals surface area contributed by atoms with Gasteiger partial charge >= 0.3 is 0 Å². The molecular formula is C12H21N5O2. The summed E-state index contributed by atoms with van der Waals surface area (Å²) < 4.78 is 1.54. The maximum absolute atomic E-state index is 11.9. The van der Waals surface area contributed by atoms with E-state index in [0.29, 0.717) is 5.82 Å². The van der Waals surface area contributed by atoms with Crippen LogP contribution in [0.25, 0.3) is 0 Å². The third kappa shape index (κ3) is 3.73. The molecule has 2 rings (SSSR count). The quantitative estimate of drug-likeness (QED) is 0.814. The van der Waals surface area contributed by atoms with Gasteiger partial charge in [-0.05, 0) is 36.1 Å². The Labute approximate surface area is 112 Å². The third-order valence-electron chi connectivity index (χ3n) is 3.43. The van der Waals surface area contributed by atoms with Crippen molar-refractivity contribution < 1.29 is 9.90 Å². The fourth-order valence-electron chi connectivity index (χ4n) is 2.37. The zero-order chi connectivity index (χ0) is 13.8. The summed E-state index contributed by atoms with van der Waals surface area (Å²) in [5.74, 6) is 0.831. The highest BCUT2D eigenvalue weighted by atomic mass is 16.3. The molecule has 7 heteroatoms. The number of rotatable bonds is 4. The molecule has 0 aliphatic heterocycles. The Morgan fingerprint density at radius 3 is 2.74 bits per heavy atom. The maximum atomic E-state index is 11.9. The summed E-state index contributed by atoms with van der Waals surface area (Å²) in [5.41, 5.74) is 0. The van der Waals surface area contributed by atoms with Gasteiger partial charge in [-0.1, -0.05) is 13.8 Å². The molecule has 1 saturated carbocycles. The molecule has 1 aliphatic carbocycles. The molecule has 0 bridgehead atoms. The molecule has 1 fully saturated rings. The molecule has 106 valence electrons. The van der Waals surface area contributed by atoms with Gasteiger partial charge in [-0.2, -0.15) is 0 Å². The Balaban J connectivity index is 1.85. The van der Waals surface area contributed by atoms with Gasteiger partial charge in [0, 0.05) is 12.0 Å². The fourth-order valence-corrected chi connectivity index (χ4v) is 2.37. The Morgan fingerprint density at radius 1 is 1.42 bits per heavy atom. The van der Waals surface area contributed by atoms with Crippen LogP contribution in [0.5, 0.6) is 0 Å². The minimum absolute atomic E-state index is 0.0735. The monoisotopic (exact) mass is 267 g/mol. The topological polar surface area (TPSA) is 92.9 Å². The second-order valence-corrected chi connectivity index (χ2v) is 5.42. The van der Waals surface area contributed by atoms with Crippen molar-refractivity contribution in [3.8, 4) is 0 Å². The average Bonchev–Trinajstić information content (AvgIpc) is 2.80. The molecular weight excluding hydrogens is 246 g/mol. The van der Waals surface area contributed by atoms with Gasteiger partial charge in [0.1, 0.15) is 6.54 Å².